The molecular formula is C7H7IN2. The van der Waals surface area contributed by atoms with Gasteiger partial charge in [0.05, 0.1) is 6.20 Å². The summed E-state index contributed by atoms with van der Waals surface area (Å²) in [5.41, 5.74) is 1.19. The Morgan fingerprint density at radius 3 is 3.00 bits per heavy atom. The van der Waals surface area contributed by atoms with Crippen molar-refractivity contribution in [1.29, 1.82) is 0 Å². The molecule has 2 aromatic heterocycles. The number of fused-ring (bicyclic) bond motifs is 1. The average Bonchev–Trinajstić information content (AvgIpc) is 2.33. The van der Waals surface area contributed by atoms with Gasteiger partial charge in [0.15, 0.2) is 12.4 Å². The third-order valence-electron chi connectivity index (χ3n) is 1.37. The predicted molar refractivity (Wildman–Crippen MR) is 34.0 cm³/mol. The van der Waals surface area contributed by atoms with Crippen LogP contribution in [0.4, 0.5) is 0 Å². The first-order valence-electron chi connectivity index (χ1n) is 2.89. The number of halogens is 1. The molecule has 1 N–H and O–H groups in total. The van der Waals surface area contributed by atoms with E-state index in [2.05, 4.69) is 15.5 Å². The number of nitrogens with one attached hydrogen (secondary N) is 1. The summed E-state index contributed by atoms with van der Waals surface area (Å²) in [6, 6.07) is 4.07. The van der Waals surface area contributed by atoms with Gasteiger partial charge in [-0.25, -0.2) is 4.98 Å². The average molecular weight is 246 g/mol. The number of rotatable bonds is 0. The number of H-pyrrole nitrogens is 1. The Hall–Kier alpha value is -0.580. The van der Waals surface area contributed by atoms with E-state index in [0.29, 0.717) is 0 Å². The summed E-state index contributed by atoms with van der Waals surface area (Å²) in [6.45, 7) is 0. The summed E-state index contributed by atoms with van der Waals surface area (Å²) in [5.74, 6) is 0. The molecule has 2 rings (SSSR count). The third-order valence-corrected chi connectivity index (χ3v) is 1.37. The fraction of sp³-hybridized carbons (Fsp3) is 0. The second-order valence-electron chi connectivity index (χ2n) is 1.97. The topological polar surface area (TPSA) is 18.6 Å². The maximum Gasteiger partial charge on any atom is 0.191 e. The normalized spacial score (nSPS) is 9.20. The molecule has 3 heteroatoms. The molecule has 0 fully saturated rings. The highest BCUT2D eigenvalue weighted by Crippen LogP contribution is 1.97. The molecule has 0 radical (unpaired) electrons. The van der Waals surface area contributed by atoms with Gasteiger partial charge in [-0.2, -0.15) is 0 Å². The summed E-state index contributed by atoms with van der Waals surface area (Å²) in [5, 5.41) is 0. The first kappa shape index (κ1) is 7.53. The number of hydrogen-bond donors (Lipinski definition) is 0. The van der Waals surface area contributed by atoms with E-state index in [1.165, 1.54) is 5.52 Å². The lowest BCUT2D eigenvalue weighted by atomic mass is 10.5. The van der Waals surface area contributed by atoms with E-state index in [4.69, 9.17) is 0 Å². The van der Waals surface area contributed by atoms with Crippen molar-refractivity contribution >= 4 is 5.52 Å². The van der Waals surface area contributed by atoms with Gasteiger partial charge in [-0.3, -0.25) is 0 Å². The highest BCUT2D eigenvalue weighted by atomic mass is 127. The molecule has 2 aromatic rings. The van der Waals surface area contributed by atoms with Crippen LogP contribution in [0, 0.1) is 0 Å². The fourth-order valence-electron chi connectivity index (χ4n) is 0.922. The highest BCUT2D eigenvalue weighted by Gasteiger charge is 1.89. The molecule has 0 atom stereocenters. The van der Waals surface area contributed by atoms with Gasteiger partial charge in [0.2, 0.25) is 0 Å². The summed E-state index contributed by atoms with van der Waals surface area (Å²) in [6.07, 6.45) is 7.85. The van der Waals surface area contributed by atoms with Crippen LogP contribution in [0.5, 0.6) is 0 Å². The van der Waals surface area contributed by atoms with Gasteiger partial charge in [0, 0.05) is 6.20 Å². The van der Waals surface area contributed by atoms with Crippen LogP contribution in [0.15, 0.2) is 36.9 Å². The molecule has 0 saturated heterocycles. The first-order valence-corrected chi connectivity index (χ1v) is 2.89. The van der Waals surface area contributed by atoms with E-state index in [-0.39, 0.29) is 24.0 Å². The molecule has 10 heavy (non-hydrogen) atoms. The third kappa shape index (κ3) is 1.13. The van der Waals surface area contributed by atoms with Crippen LogP contribution < -0.4 is 29.0 Å². The second kappa shape index (κ2) is 3.01. The zero-order valence-corrected chi connectivity index (χ0v) is 7.45. The molecule has 0 aliphatic heterocycles. The summed E-state index contributed by atoms with van der Waals surface area (Å²) >= 11 is 0. The van der Waals surface area contributed by atoms with Crippen molar-refractivity contribution < 1.29 is 29.0 Å². The molecule has 0 unspecified atom stereocenters. The zero-order valence-electron chi connectivity index (χ0n) is 5.29. The largest absolute Gasteiger partial charge is 1.00 e. The van der Waals surface area contributed by atoms with Crippen LogP contribution in [0.2, 0.25) is 0 Å². The zero-order chi connectivity index (χ0) is 6.10. The fourth-order valence-corrected chi connectivity index (χ4v) is 0.922. The van der Waals surface area contributed by atoms with Crippen molar-refractivity contribution in [3.63, 3.8) is 0 Å². The van der Waals surface area contributed by atoms with Crippen LogP contribution in [0.1, 0.15) is 0 Å². The Morgan fingerprint density at radius 1 is 1.30 bits per heavy atom. The van der Waals surface area contributed by atoms with Gasteiger partial charge in [0.25, 0.3) is 0 Å². The van der Waals surface area contributed by atoms with Crippen molar-refractivity contribution in [2.45, 2.75) is 0 Å². The molecule has 52 valence electrons. The molecule has 0 aliphatic carbocycles. The number of aromatic nitrogens is 2. The van der Waals surface area contributed by atoms with Gasteiger partial charge in [0.1, 0.15) is 5.52 Å². The predicted octanol–water partition coefficient (Wildman–Crippen LogP) is -2.24. The van der Waals surface area contributed by atoms with Crippen LogP contribution in [-0.4, -0.2) is 4.40 Å². The molecule has 0 spiro atoms. The van der Waals surface area contributed by atoms with Crippen LogP contribution >= 0.6 is 0 Å². The number of hydrogen-bond acceptors (Lipinski definition) is 0. The van der Waals surface area contributed by atoms with Crippen molar-refractivity contribution in [1.82, 2.24) is 4.40 Å². The molecule has 0 aliphatic rings. The first-order chi connectivity index (χ1) is 4.47. The SMILES string of the molecule is [I-].c1cc2c[nH+]ccn2c1. The van der Waals surface area contributed by atoms with E-state index in [1.54, 1.807) is 0 Å². The summed E-state index contributed by atoms with van der Waals surface area (Å²) < 4.78 is 2.05. The summed E-state index contributed by atoms with van der Waals surface area (Å²) in [7, 11) is 0. The summed E-state index contributed by atoms with van der Waals surface area (Å²) in [4.78, 5) is 3.00. The minimum absolute atomic E-state index is 0. The Labute approximate surface area is 75.9 Å². The maximum absolute atomic E-state index is 3.00. The van der Waals surface area contributed by atoms with Crippen LogP contribution in [0.3, 0.4) is 0 Å². The maximum atomic E-state index is 3.00. The minimum Gasteiger partial charge on any atom is -1.00 e. The Kier molecular flexibility index (Phi) is 2.26. The van der Waals surface area contributed by atoms with Crippen LogP contribution in [0.25, 0.3) is 5.52 Å². The van der Waals surface area contributed by atoms with Gasteiger partial charge < -0.3 is 28.4 Å². The molecule has 0 bridgehead atoms. The second-order valence-corrected chi connectivity index (χ2v) is 1.97. The lowest BCUT2D eigenvalue weighted by Gasteiger charge is -1.83. The molecule has 0 amide bonds. The molecule has 2 nitrogen and oxygen atoms in total. The van der Waals surface area contributed by atoms with Gasteiger partial charge in [-0.15, -0.1) is 0 Å². The van der Waals surface area contributed by atoms with Crippen LogP contribution in [-0.2, 0) is 0 Å². The van der Waals surface area contributed by atoms with Crippen molar-refractivity contribution in [3.05, 3.63) is 36.9 Å². The lowest BCUT2D eigenvalue weighted by Crippen LogP contribution is -3.00. The molecule has 2 heterocycles. The minimum atomic E-state index is 0. The Balaban J connectivity index is 0.000000500. The van der Waals surface area contributed by atoms with Crippen molar-refractivity contribution in [2.75, 3.05) is 0 Å². The molecule has 0 saturated carbocycles. The molecule has 0 aromatic carbocycles. The van der Waals surface area contributed by atoms with E-state index in [0.717, 1.165) is 0 Å². The van der Waals surface area contributed by atoms with E-state index in [1.807, 2.05) is 30.9 Å². The van der Waals surface area contributed by atoms with Gasteiger partial charge >= 0.3 is 0 Å². The lowest BCUT2D eigenvalue weighted by molar-refractivity contribution is -0.377. The van der Waals surface area contributed by atoms with Crippen molar-refractivity contribution in [2.24, 2.45) is 0 Å². The highest BCUT2D eigenvalue weighted by molar-refractivity contribution is 5.42. The Morgan fingerprint density at radius 2 is 2.20 bits per heavy atom. The van der Waals surface area contributed by atoms with Gasteiger partial charge in [-0.1, -0.05) is 0 Å². The van der Waals surface area contributed by atoms with E-state index >= 15 is 0 Å². The number of nitrogens with zero attached hydrogens (tertiary/aromatic N) is 1. The van der Waals surface area contributed by atoms with Gasteiger partial charge in [-0.05, 0) is 12.1 Å². The van der Waals surface area contributed by atoms with E-state index in [9.17, 15) is 0 Å². The monoisotopic (exact) mass is 246 g/mol. The van der Waals surface area contributed by atoms with E-state index < -0.39 is 0 Å². The Bertz CT molecular complexity index is 286. The smallest absolute Gasteiger partial charge is 0.191 e. The van der Waals surface area contributed by atoms with Crippen molar-refractivity contribution in [3.8, 4) is 0 Å². The number of aromatic amines is 1. The standard InChI is InChI=1S/C7H6N2.HI/c1-2-7-6-8-3-5-9(7)4-1;/h1-6H;1H. The molecular weight excluding hydrogens is 239 g/mol. The quantitative estimate of drug-likeness (QED) is 0.468.